The minimum absolute atomic E-state index is 0.00739. The Balaban J connectivity index is 1.49. The summed E-state index contributed by atoms with van der Waals surface area (Å²) in [5.41, 5.74) is 5.41. The third kappa shape index (κ3) is 6.27. The molecule has 0 fully saturated rings. The lowest BCUT2D eigenvalue weighted by Crippen LogP contribution is -2.21. The van der Waals surface area contributed by atoms with Crippen molar-refractivity contribution in [1.29, 1.82) is 0 Å². The zero-order valence-electron chi connectivity index (χ0n) is 16.4. The fraction of sp³-hybridized carbons (Fsp3) is 0.0870. The van der Waals surface area contributed by atoms with Crippen LogP contribution in [0.4, 0.5) is 21.5 Å². The summed E-state index contributed by atoms with van der Waals surface area (Å²) >= 11 is 0. The van der Waals surface area contributed by atoms with Gasteiger partial charge in [-0.2, -0.15) is 5.10 Å². The Labute approximate surface area is 173 Å². The number of hydrogen-bond donors (Lipinski definition) is 3. The van der Waals surface area contributed by atoms with E-state index in [1.54, 1.807) is 19.1 Å². The van der Waals surface area contributed by atoms with Crippen LogP contribution in [-0.2, 0) is 4.79 Å². The lowest BCUT2D eigenvalue weighted by molar-refractivity contribution is -0.115. The first-order chi connectivity index (χ1) is 14.5. The van der Waals surface area contributed by atoms with Crippen molar-refractivity contribution in [3.8, 4) is 0 Å². The molecule has 0 bridgehead atoms. The molecule has 2 amide bonds. The van der Waals surface area contributed by atoms with E-state index in [1.807, 2.05) is 42.5 Å². The molecule has 0 saturated heterocycles. The molecule has 3 N–H and O–H groups in total. The van der Waals surface area contributed by atoms with Crippen molar-refractivity contribution < 1.29 is 14.0 Å². The predicted molar refractivity (Wildman–Crippen MR) is 116 cm³/mol. The van der Waals surface area contributed by atoms with Crippen LogP contribution < -0.4 is 16.1 Å². The molecule has 3 rings (SSSR count). The highest BCUT2D eigenvalue weighted by molar-refractivity contribution is 6.06. The number of carbonyl (C=O) groups is 2. The Bertz CT molecular complexity index is 1050. The van der Waals surface area contributed by atoms with Gasteiger partial charge in [-0.05, 0) is 61.5 Å². The maximum atomic E-state index is 13.2. The summed E-state index contributed by atoms with van der Waals surface area (Å²) < 4.78 is 13.2. The summed E-state index contributed by atoms with van der Waals surface area (Å²) in [6.07, 6.45) is 0.00739. The molecule has 152 valence electrons. The number of benzene rings is 3. The van der Waals surface area contributed by atoms with Crippen molar-refractivity contribution in [1.82, 2.24) is 5.43 Å². The highest BCUT2D eigenvalue weighted by atomic mass is 19.1. The molecule has 0 radical (unpaired) electrons. The van der Waals surface area contributed by atoms with Crippen molar-refractivity contribution in [2.45, 2.75) is 13.3 Å². The monoisotopic (exact) mass is 404 g/mol. The predicted octanol–water partition coefficient (Wildman–Crippen LogP) is 4.70. The number of anilines is 3. The van der Waals surface area contributed by atoms with Gasteiger partial charge >= 0.3 is 0 Å². The zero-order chi connectivity index (χ0) is 21.3. The topological polar surface area (TPSA) is 82.6 Å². The summed E-state index contributed by atoms with van der Waals surface area (Å²) in [6.45, 7) is 1.62. The zero-order valence-corrected chi connectivity index (χ0v) is 16.4. The molecule has 0 heterocycles. The number of para-hydroxylation sites is 1. The first-order valence-corrected chi connectivity index (χ1v) is 9.30. The van der Waals surface area contributed by atoms with Gasteiger partial charge in [0.1, 0.15) is 5.82 Å². The standard InChI is InChI=1S/C23H21FN4O2/c1-16(27-28-23(30)17-6-5-7-18(24)15-17)14-22(29)26-21-12-10-20(11-13-21)25-19-8-3-2-4-9-19/h2-13,15,25H,14H2,1H3,(H,26,29)(H,28,30)/b27-16+. The number of nitrogens with zero attached hydrogens (tertiary/aromatic N) is 1. The van der Waals surface area contributed by atoms with Crippen LogP contribution in [0.5, 0.6) is 0 Å². The molecule has 0 aliphatic carbocycles. The molecule has 3 aromatic rings. The molecule has 7 heteroatoms. The van der Waals surface area contributed by atoms with E-state index >= 15 is 0 Å². The van der Waals surface area contributed by atoms with Crippen molar-refractivity contribution in [3.63, 3.8) is 0 Å². The molecule has 0 aliphatic heterocycles. The van der Waals surface area contributed by atoms with Crippen LogP contribution in [0.3, 0.4) is 0 Å². The Kier molecular flexibility index (Phi) is 6.89. The maximum Gasteiger partial charge on any atom is 0.271 e. The van der Waals surface area contributed by atoms with Gasteiger partial charge in [0, 0.05) is 28.3 Å². The maximum absolute atomic E-state index is 13.2. The van der Waals surface area contributed by atoms with E-state index in [4.69, 9.17) is 0 Å². The first-order valence-electron chi connectivity index (χ1n) is 9.30. The van der Waals surface area contributed by atoms with Crippen LogP contribution in [0.15, 0.2) is 84.0 Å². The second kappa shape index (κ2) is 9.97. The number of hydrogen-bond acceptors (Lipinski definition) is 4. The van der Waals surface area contributed by atoms with Gasteiger partial charge in [0.2, 0.25) is 5.91 Å². The summed E-state index contributed by atoms with van der Waals surface area (Å²) in [5.74, 6) is -1.32. The molecule has 0 saturated carbocycles. The smallest absolute Gasteiger partial charge is 0.271 e. The molecule has 3 aromatic carbocycles. The average Bonchev–Trinajstić information content (AvgIpc) is 2.74. The quantitative estimate of drug-likeness (QED) is 0.394. The normalized spacial score (nSPS) is 10.9. The molecule has 6 nitrogen and oxygen atoms in total. The van der Waals surface area contributed by atoms with Gasteiger partial charge in [0.25, 0.3) is 5.91 Å². The third-order valence-electron chi connectivity index (χ3n) is 4.08. The molecule has 0 unspecified atom stereocenters. The van der Waals surface area contributed by atoms with E-state index < -0.39 is 11.7 Å². The van der Waals surface area contributed by atoms with Gasteiger partial charge in [-0.25, -0.2) is 9.82 Å². The lowest BCUT2D eigenvalue weighted by Gasteiger charge is -2.09. The van der Waals surface area contributed by atoms with Crippen molar-refractivity contribution in [2.24, 2.45) is 5.10 Å². The van der Waals surface area contributed by atoms with Crippen LogP contribution in [0.2, 0.25) is 0 Å². The number of rotatable bonds is 7. The molecular formula is C23H21FN4O2. The summed E-state index contributed by atoms with van der Waals surface area (Å²) in [6, 6.07) is 22.4. The summed E-state index contributed by atoms with van der Waals surface area (Å²) in [5, 5.41) is 9.94. The summed E-state index contributed by atoms with van der Waals surface area (Å²) in [7, 11) is 0. The number of halogens is 1. The van der Waals surface area contributed by atoms with Crippen LogP contribution >= 0.6 is 0 Å². The van der Waals surface area contributed by atoms with Gasteiger partial charge in [-0.15, -0.1) is 0 Å². The Morgan fingerprint density at radius 1 is 0.867 bits per heavy atom. The van der Waals surface area contributed by atoms with Crippen LogP contribution in [0, 0.1) is 5.82 Å². The van der Waals surface area contributed by atoms with E-state index in [0.29, 0.717) is 11.4 Å². The number of hydrazone groups is 1. The number of carbonyl (C=O) groups excluding carboxylic acids is 2. The van der Waals surface area contributed by atoms with Crippen LogP contribution in [0.25, 0.3) is 0 Å². The third-order valence-corrected chi connectivity index (χ3v) is 4.08. The molecule has 0 atom stereocenters. The minimum atomic E-state index is -0.546. The Morgan fingerprint density at radius 3 is 2.23 bits per heavy atom. The van der Waals surface area contributed by atoms with E-state index in [2.05, 4.69) is 21.2 Å². The van der Waals surface area contributed by atoms with Gasteiger partial charge in [-0.3, -0.25) is 9.59 Å². The SMILES string of the molecule is C/C(CC(=O)Nc1ccc(Nc2ccccc2)cc1)=N\NC(=O)c1cccc(F)c1. The molecule has 0 spiro atoms. The van der Waals surface area contributed by atoms with Crippen LogP contribution in [0.1, 0.15) is 23.7 Å². The Hall–Kier alpha value is -4.00. The van der Waals surface area contributed by atoms with Crippen molar-refractivity contribution >= 4 is 34.6 Å². The number of nitrogens with one attached hydrogen (secondary N) is 3. The van der Waals surface area contributed by atoms with Gasteiger partial charge in [0.15, 0.2) is 0 Å². The van der Waals surface area contributed by atoms with Crippen molar-refractivity contribution in [3.05, 3.63) is 90.2 Å². The van der Waals surface area contributed by atoms with E-state index in [1.165, 1.54) is 18.2 Å². The van der Waals surface area contributed by atoms with Gasteiger partial charge < -0.3 is 10.6 Å². The largest absolute Gasteiger partial charge is 0.356 e. The fourth-order valence-corrected chi connectivity index (χ4v) is 2.64. The highest BCUT2D eigenvalue weighted by Gasteiger charge is 2.08. The average molecular weight is 404 g/mol. The lowest BCUT2D eigenvalue weighted by atomic mass is 10.2. The van der Waals surface area contributed by atoms with Gasteiger partial charge in [0.05, 0.1) is 6.42 Å². The molecule has 30 heavy (non-hydrogen) atoms. The second-order valence-electron chi connectivity index (χ2n) is 6.59. The van der Waals surface area contributed by atoms with E-state index in [9.17, 15) is 14.0 Å². The molecule has 0 aromatic heterocycles. The highest BCUT2D eigenvalue weighted by Crippen LogP contribution is 2.18. The minimum Gasteiger partial charge on any atom is -0.356 e. The Morgan fingerprint density at radius 2 is 1.53 bits per heavy atom. The fourth-order valence-electron chi connectivity index (χ4n) is 2.64. The molecular weight excluding hydrogens is 383 g/mol. The van der Waals surface area contributed by atoms with E-state index in [0.717, 1.165) is 17.4 Å². The van der Waals surface area contributed by atoms with Gasteiger partial charge in [-0.1, -0.05) is 24.3 Å². The number of amides is 2. The van der Waals surface area contributed by atoms with Crippen LogP contribution in [-0.4, -0.2) is 17.5 Å². The van der Waals surface area contributed by atoms with E-state index in [-0.39, 0.29) is 17.9 Å². The first kappa shape index (κ1) is 20.7. The molecule has 0 aliphatic rings. The summed E-state index contributed by atoms with van der Waals surface area (Å²) in [4.78, 5) is 24.1. The van der Waals surface area contributed by atoms with Crippen molar-refractivity contribution in [2.75, 3.05) is 10.6 Å². The second-order valence-corrected chi connectivity index (χ2v) is 6.59.